The highest BCUT2D eigenvalue weighted by atomic mass is 19.1. The van der Waals surface area contributed by atoms with Crippen LogP contribution in [0.1, 0.15) is 19.3 Å². The third-order valence-corrected chi connectivity index (χ3v) is 6.93. The molecule has 184 valence electrons. The second kappa shape index (κ2) is 9.49. The minimum atomic E-state index is -1.29. The molecule has 0 unspecified atom stereocenters. The number of nitrogens with zero attached hydrogens (tertiary/aromatic N) is 5. The molecule has 0 radical (unpaired) electrons. The fourth-order valence-corrected chi connectivity index (χ4v) is 5.17. The summed E-state index contributed by atoms with van der Waals surface area (Å²) in [5.41, 5.74) is 3.19. The van der Waals surface area contributed by atoms with Gasteiger partial charge in [0.2, 0.25) is 0 Å². The van der Waals surface area contributed by atoms with Crippen LogP contribution in [0.3, 0.4) is 0 Å². The average Bonchev–Trinajstić information content (AvgIpc) is 3.53. The van der Waals surface area contributed by atoms with E-state index in [4.69, 9.17) is 9.47 Å². The predicted molar refractivity (Wildman–Crippen MR) is 126 cm³/mol. The quantitative estimate of drug-likeness (QED) is 0.491. The van der Waals surface area contributed by atoms with Crippen LogP contribution >= 0.6 is 0 Å². The van der Waals surface area contributed by atoms with E-state index in [1.807, 2.05) is 18.2 Å². The number of aromatic nitrogens is 4. The maximum Gasteiger partial charge on any atom is 0.407 e. The Morgan fingerprint density at radius 3 is 2.80 bits per heavy atom. The molecule has 10 nitrogen and oxygen atoms in total. The van der Waals surface area contributed by atoms with Gasteiger partial charge >= 0.3 is 6.09 Å². The van der Waals surface area contributed by atoms with Crippen LogP contribution in [0, 0.1) is 0 Å². The van der Waals surface area contributed by atoms with E-state index in [1.165, 1.54) is 4.90 Å². The molecule has 2 fully saturated rings. The van der Waals surface area contributed by atoms with Gasteiger partial charge in [-0.3, -0.25) is 15.0 Å². The summed E-state index contributed by atoms with van der Waals surface area (Å²) >= 11 is 0. The first-order valence-electron chi connectivity index (χ1n) is 11.4. The number of halogens is 1. The maximum absolute atomic E-state index is 15.3. The van der Waals surface area contributed by atoms with E-state index in [0.29, 0.717) is 36.5 Å². The normalized spacial score (nSPS) is 23.3. The molecule has 2 bridgehead atoms. The van der Waals surface area contributed by atoms with Crippen LogP contribution in [0.5, 0.6) is 5.75 Å². The number of ether oxygens (including phenoxy) is 2. The van der Waals surface area contributed by atoms with Gasteiger partial charge in [0.1, 0.15) is 17.7 Å². The van der Waals surface area contributed by atoms with E-state index in [9.17, 15) is 9.90 Å². The molecule has 0 spiro atoms. The minimum Gasteiger partial charge on any atom is -0.467 e. The number of fused-ring (bicyclic) bond motifs is 2. The molecule has 2 aromatic heterocycles. The topological polar surface area (TPSA) is 117 Å². The molecule has 4 heterocycles. The van der Waals surface area contributed by atoms with Gasteiger partial charge in [0.15, 0.2) is 6.79 Å². The summed E-state index contributed by atoms with van der Waals surface area (Å²) in [4.78, 5) is 23.8. The molecule has 5 rings (SSSR count). The molecule has 4 atom stereocenters. The summed E-state index contributed by atoms with van der Waals surface area (Å²) < 4.78 is 26.2. The van der Waals surface area contributed by atoms with Gasteiger partial charge in [-0.25, -0.2) is 14.2 Å². The third-order valence-electron chi connectivity index (χ3n) is 6.93. The summed E-state index contributed by atoms with van der Waals surface area (Å²) in [6.07, 6.45) is 6.09. The van der Waals surface area contributed by atoms with Crippen LogP contribution in [0.25, 0.3) is 22.4 Å². The second-order valence-corrected chi connectivity index (χ2v) is 8.86. The van der Waals surface area contributed by atoms with Crippen LogP contribution in [0.2, 0.25) is 0 Å². The Hall–Kier alpha value is -3.73. The molecule has 1 amide bonds. The standard InChI is InChI=1S/C24H27FN6O4/c1-30(20-8-16-4-6-19(23(20)25)31(16)24(32)33)22-12-26-18(11-27-22)17-5-3-14(15-9-28-29-10-15)7-21(17)35-13-34-2/h3,5,7,9-12,16,19-20,23H,4,6,8,13H2,1-2H3,(H,28,29)(H,32,33)/t16-,19+,20-,23+/m1/s1. The molecule has 11 heteroatoms. The molecule has 35 heavy (non-hydrogen) atoms. The first kappa shape index (κ1) is 23.0. The zero-order chi connectivity index (χ0) is 24.5. The van der Waals surface area contributed by atoms with E-state index in [0.717, 1.165) is 16.7 Å². The number of benzene rings is 1. The molecule has 0 saturated carbocycles. The van der Waals surface area contributed by atoms with Crippen molar-refractivity contribution in [3.63, 3.8) is 0 Å². The molecule has 3 aromatic rings. The van der Waals surface area contributed by atoms with Gasteiger partial charge in [-0.2, -0.15) is 5.10 Å². The summed E-state index contributed by atoms with van der Waals surface area (Å²) in [6, 6.07) is 4.50. The zero-order valence-corrected chi connectivity index (χ0v) is 19.5. The molecule has 0 aliphatic carbocycles. The average molecular weight is 483 g/mol. The number of aromatic amines is 1. The number of H-pyrrole nitrogens is 1. The van der Waals surface area contributed by atoms with Gasteiger partial charge in [0, 0.05) is 37.5 Å². The number of anilines is 1. The lowest BCUT2D eigenvalue weighted by atomic mass is 9.94. The number of nitrogens with one attached hydrogen (secondary N) is 1. The number of carbonyl (C=O) groups is 1. The lowest BCUT2D eigenvalue weighted by Crippen LogP contribution is -2.58. The van der Waals surface area contributed by atoms with Crippen LogP contribution in [0.4, 0.5) is 15.0 Å². The number of piperidine rings is 1. The van der Waals surface area contributed by atoms with Gasteiger partial charge in [-0.05, 0) is 37.0 Å². The number of alkyl halides is 1. The Morgan fingerprint density at radius 1 is 1.26 bits per heavy atom. The van der Waals surface area contributed by atoms with Gasteiger partial charge in [0.25, 0.3) is 0 Å². The van der Waals surface area contributed by atoms with Gasteiger partial charge in [0.05, 0.1) is 36.4 Å². The molecule has 2 aliphatic rings. The fourth-order valence-electron chi connectivity index (χ4n) is 5.17. The molecular formula is C24H27FN6O4. The van der Waals surface area contributed by atoms with Crippen molar-refractivity contribution in [3.8, 4) is 28.1 Å². The Labute approximate surface area is 201 Å². The first-order valence-corrected chi connectivity index (χ1v) is 11.4. The maximum atomic E-state index is 15.3. The Bertz CT molecular complexity index is 1180. The van der Waals surface area contributed by atoms with Gasteiger partial charge < -0.3 is 19.5 Å². The number of carboxylic acid groups (broad SMARTS) is 1. The highest BCUT2D eigenvalue weighted by molar-refractivity contribution is 5.74. The van der Waals surface area contributed by atoms with Gasteiger partial charge in [-0.15, -0.1) is 0 Å². The van der Waals surface area contributed by atoms with Crippen molar-refractivity contribution in [1.29, 1.82) is 0 Å². The van der Waals surface area contributed by atoms with Gasteiger partial charge in [-0.1, -0.05) is 6.07 Å². The largest absolute Gasteiger partial charge is 0.467 e. The third kappa shape index (κ3) is 4.27. The fraction of sp³-hybridized carbons (Fsp3) is 0.417. The molecular weight excluding hydrogens is 455 g/mol. The summed E-state index contributed by atoms with van der Waals surface area (Å²) in [5.74, 6) is 1.11. The molecule has 2 aliphatic heterocycles. The Balaban J connectivity index is 1.37. The van der Waals surface area contributed by atoms with E-state index in [-0.39, 0.29) is 12.8 Å². The first-order chi connectivity index (χ1) is 17.0. The van der Waals surface area contributed by atoms with Crippen molar-refractivity contribution < 1.29 is 23.8 Å². The van der Waals surface area contributed by atoms with E-state index >= 15 is 4.39 Å². The molecule has 2 N–H and O–H groups in total. The number of rotatable bonds is 7. The number of methoxy groups -OCH3 is 1. The molecule has 1 aromatic carbocycles. The lowest BCUT2D eigenvalue weighted by Gasteiger charge is -2.43. The number of amides is 1. The SMILES string of the molecule is COCOc1cc(-c2cn[nH]c2)ccc1-c1cnc(N(C)[C@@H]2C[C@H]3CC[C@@H]([C@@H]2F)N3C(=O)O)cn1. The van der Waals surface area contributed by atoms with E-state index in [1.54, 1.807) is 43.8 Å². The van der Waals surface area contributed by atoms with Crippen molar-refractivity contribution in [2.45, 2.75) is 43.6 Å². The minimum absolute atomic E-state index is 0.0748. The summed E-state index contributed by atoms with van der Waals surface area (Å²) in [5, 5.41) is 16.3. The van der Waals surface area contributed by atoms with E-state index < -0.39 is 24.3 Å². The van der Waals surface area contributed by atoms with Crippen molar-refractivity contribution >= 4 is 11.9 Å². The van der Waals surface area contributed by atoms with Crippen LogP contribution in [0.15, 0.2) is 43.0 Å². The van der Waals surface area contributed by atoms with Crippen molar-refractivity contribution in [2.75, 3.05) is 25.9 Å². The Kier molecular flexibility index (Phi) is 6.25. The monoisotopic (exact) mass is 482 g/mol. The Morgan fingerprint density at radius 2 is 2.11 bits per heavy atom. The van der Waals surface area contributed by atoms with Crippen LogP contribution in [-0.4, -0.2) is 81.5 Å². The van der Waals surface area contributed by atoms with Crippen LogP contribution in [-0.2, 0) is 4.74 Å². The second-order valence-electron chi connectivity index (χ2n) is 8.86. The number of hydrogen-bond donors (Lipinski definition) is 2. The molecule has 2 saturated heterocycles. The highest BCUT2D eigenvalue weighted by Gasteiger charge is 2.51. The highest BCUT2D eigenvalue weighted by Crippen LogP contribution is 2.40. The van der Waals surface area contributed by atoms with E-state index in [2.05, 4.69) is 20.2 Å². The smallest absolute Gasteiger partial charge is 0.407 e. The van der Waals surface area contributed by atoms with Crippen molar-refractivity contribution in [3.05, 3.63) is 43.0 Å². The number of hydrogen-bond acceptors (Lipinski definition) is 7. The zero-order valence-electron chi connectivity index (χ0n) is 19.5. The summed E-state index contributed by atoms with van der Waals surface area (Å²) in [7, 11) is 3.33. The van der Waals surface area contributed by atoms with Crippen molar-refractivity contribution in [1.82, 2.24) is 25.1 Å². The van der Waals surface area contributed by atoms with Crippen LogP contribution < -0.4 is 9.64 Å². The predicted octanol–water partition coefficient (Wildman–Crippen LogP) is 3.57. The summed E-state index contributed by atoms with van der Waals surface area (Å²) in [6.45, 7) is 0.0748. The lowest BCUT2D eigenvalue weighted by molar-refractivity contribution is 0.0489. The van der Waals surface area contributed by atoms with Crippen molar-refractivity contribution in [2.24, 2.45) is 0 Å².